The van der Waals surface area contributed by atoms with Crippen molar-refractivity contribution in [1.29, 1.82) is 0 Å². The fourth-order valence-corrected chi connectivity index (χ4v) is 3.25. The number of likely N-dealkylation sites (N-methyl/N-ethyl adjacent to an activating group) is 1. The van der Waals surface area contributed by atoms with Gasteiger partial charge in [0.2, 0.25) is 5.91 Å². The third kappa shape index (κ3) is 3.29. The molecule has 5 nitrogen and oxygen atoms in total. The maximum absolute atomic E-state index is 13.0. The van der Waals surface area contributed by atoms with E-state index in [1.54, 1.807) is 24.9 Å². The second kappa shape index (κ2) is 6.56. The van der Waals surface area contributed by atoms with Crippen molar-refractivity contribution >= 4 is 23.5 Å². The SMILES string of the molecule is COC(=O)c1cc(CN(C)C(=O)C2(c3ccc(Cl)cc3)CC2)oc1C. The van der Waals surface area contributed by atoms with Crippen molar-refractivity contribution < 1.29 is 18.7 Å². The lowest BCUT2D eigenvalue weighted by atomic mass is 9.94. The summed E-state index contributed by atoms with van der Waals surface area (Å²) in [5, 5.41) is 0.654. The molecule has 1 heterocycles. The molecule has 132 valence electrons. The molecule has 1 aliphatic carbocycles. The molecule has 2 aromatic rings. The summed E-state index contributed by atoms with van der Waals surface area (Å²) in [6.45, 7) is 2.00. The van der Waals surface area contributed by atoms with Gasteiger partial charge in [-0.2, -0.15) is 0 Å². The molecule has 25 heavy (non-hydrogen) atoms. The van der Waals surface area contributed by atoms with Crippen LogP contribution in [0.4, 0.5) is 0 Å². The topological polar surface area (TPSA) is 59.8 Å². The van der Waals surface area contributed by atoms with Crippen molar-refractivity contribution in [2.75, 3.05) is 14.2 Å². The van der Waals surface area contributed by atoms with Crippen LogP contribution in [0.2, 0.25) is 5.02 Å². The summed E-state index contributed by atoms with van der Waals surface area (Å²) in [5.41, 5.74) is 0.906. The molecule has 1 fully saturated rings. The molecular weight excluding hydrogens is 342 g/mol. The summed E-state index contributed by atoms with van der Waals surface area (Å²) >= 11 is 5.94. The number of halogens is 1. The first-order valence-corrected chi connectivity index (χ1v) is 8.44. The average Bonchev–Trinajstić information content (AvgIpc) is 3.32. The number of furan rings is 1. The van der Waals surface area contributed by atoms with Gasteiger partial charge in [-0.05, 0) is 43.5 Å². The van der Waals surface area contributed by atoms with E-state index in [1.807, 2.05) is 24.3 Å². The van der Waals surface area contributed by atoms with E-state index in [1.165, 1.54) is 7.11 Å². The molecule has 1 saturated carbocycles. The van der Waals surface area contributed by atoms with Crippen molar-refractivity contribution in [1.82, 2.24) is 4.90 Å². The predicted molar refractivity (Wildman–Crippen MR) is 93.6 cm³/mol. The largest absolute Gasteiger partial charge is 0.465 e. The van der Waals surface area contributed by atoms with Gasteiger partial charge < -0.3 is 14.1 Å². The number of hydrogen-bond acceptors (Lipinski definition) is 4. The Kier molecular flexibility index (Phi) is 4.60. The van der Waals surface area contributed by atoms with E-state index < -0.39 is 11.4 Å². The number of methoxy groups -OCH3 is 1. The third-order valence-corrected chi connectivity index (χ3v) is 4.92. The minimum absolute atomic E-state index is 0.0449. The molecule has 1 aliphatic rings. The number of benzene rings is 1. The Bertz CT molecular complexity index is 805. The normalized spacial score (nSPS) is 14.9. The standard InChI is InChI=1S/C19H20ClNO4/c1-12-16(17(22)24-3)10-15(25-12)11-21(2)18(23)19(8-9-19)13-4-6-14(20)7-5-13/h4-7,10H,8-9,11H2,1-3H3. The number of rotatable bonds is 5. The second-order valence-electron chi connectivity index (χ2n) is 6.42. The summed E-state index contributed by atoms with van der Waals surface area (Å²) in [6, 6.07) is 9.07. The van der Waals surface area contributed by atoms with E-state index in [-0.39, 0.29) is 5.91 Å². The van der Waals surface area contributed by atoms with Crippen LogP contribution in [-0.4, -0.2) is 30.9 Å². The molecule has 0 atom stereocenters. The van der Waals surface area contributed by atoms with Crippen LogP contribution < -0.4 is 0 Å². The lowest BCUT2D eigenvalue weighted by molar-refractivity contribution is -0.133. The van der Waals surface area contributed by atoms with E-state index in [9.17, 15) is 9.59 Å². The second-order valence-corrected chi connectivity index (χ2v) is 6.86. The first kappa shape index (κ1) is 17.5. The fraction of sp³-hybridized carbons (Fsp3) is 0.368. The van der Waals surface area contributed by atoms with Crippen LogP contribution in [0.3, 0.4) is 0 Å². The number of amides is 1. The van der Waals surface area contributed by atoms with E-state index in [4.69, 9.17) is 20.8 Å². The van der Waals surface area contributed by atoms with Gasteiger partial charge in [-0.3, -0.25) is 4.79 Å². The van der Waals surface area contributed by atoms with Crippen molar-refractivity contribution in [2.45, 2.75) is 31.7 Å². The van der Waals surface area contributed by atoms with Crippen molar-refractivity contribution in [2.24, 2.45) is 0 Å². The first-order chi connectivity index (χ1) is 11.9. The van der Waals surface area contributed by atoms with Crippen LogP contribution in [0.15, 0.2) is 34.7 Å². The van der Waals surface area contributed by atoms with Crippen LogP contribution in [0.25, 0.3) is 0 Å². The summed E-state index contributed by atoms with van der Waals surface area (Å²) < 4.78 is 10.3. The maximum atomic E-state index is 13.0. The smallest absolute Gasteiger partial charge is 0.341 e. The third-order valence-electron chi connectivity index (χ3n) is 4.67. The number of hydrogen-bond donors (Lipinski definition) is 0. The first-order valence-electron chi connectivity index (χ1n) is 8.06. The predicted octanol–water partition coefficient (Wildman–Crippen LogP) is 3.72. The van der Waals surface area contributed by atoms with Gasteiger partial charge in [0, 0.05) is 12.1 Å². The molecule has 6 heteroatoms. The molecule has 0 N–H and O–H groups in total. The minimum Gasteiger partial charge on any atom is -0.465 e. The van der Waals surface area contributed by atoms with Crippen LogP contribution in [-0.2, 0) is 21.5 Å². The Morgan fingerprint density at radius 1 is 1.28 bits per heavy atom. The van der Waals surface area contributed by atoms with Gasteiger partial charge in [-0.15, -0.1) is 0 Å². The van der Waals surface area contributed by atoms with Gasteiger partial charge in [0.25, 0.3) is 0 Å². The molecule has 1 amide bonds. The maximum Gasteiger partial charge on any atom is 0.341 e. The highest BCUT2D eigenvalue weighted by molar-refractivity contribution is 6.30. The zero-order chi connectivity index (χ0) is 18.2. The van der Waals surface area contributed by atoms with Crippen LogP contribution in [0, 0.1) is 6.92 Å². The highest BCUT2D eigenvalue weighted by Gasteiger charge is 2.52. The van der Waals surface area contributed by atoms with E-state index >= 15 is 0 Å². The highest BCUT2D eigenvalue weighted by Crippen LogP contribution is 2.49. The molecular formula is C19H20ClNO4. The Morgan fingerprint density at radius 2 is 1.92 bits per heavy atom. The molecule has 0 unspecified atom stereocenters. The van der Waals surface area contributed by atoms with Gasteiger partial charge in [-0.25, -0.2) is 4.79 Å². The number of ether oxygens (including phenoxy) is 1. The number of carbonyl (C=O) groups is 2. The van der Waals surface area contributed by atoms with Crippen molar-refractivity contribution in [3.8, 4) is 0 Å². The summed E-state index contributed by atoms with van der Waals surface area (Å²) in [6.07, 6.45) is 1.64. The van der Waals surface area contributed by atoms with Crippen LogP contribution in [0.5, 0.6) is 0 Å². The summed E-state index contributed by atoms with van der Waals surface area (Å²) in [5.74, 6) is 0.645. The van der Waals surface area contributed by atoms with Crippen LogP contribution >= 0.6 is 11.6 Å². The van der Waals surface area contributed by atoms with Gasteiger partial charge in [-0.1, -0.05) is 23.7 Å². The Balaban J connectivity index is 1.75. The van der Waals surface area contributed by atoms with E-state index in [2.05, 4.69) is 0 Å². The molecule has 0 spiro atoms. The van der Waals surface area contributed by atoms with Gasteiger partial charge in [0.05, 0.1) is 19.1 Å². The number of nitrogens with zero attached hydrogens (tertiary/aromatic N) is 1. The van der Waals surface area contributed by atoms with Crippen molar-refractivity contribution in [3.63, 3.8) is 0 Å². The highest BCUT2D eigenvalue weighted by atomic mass is 35.5. The average molecular weight is 362 g/mol. The van der Waals surface area contributed by atoms with Crippen molar-refractivity contribution in [3.05, 3.63) is 58.0 Å². The molecule has 0 saturated heterocycles. The Labute approximate surface area is 151 Å². The van der Waals surface area contributed by atoms with Gasteiger partial charge in [0.1, 0.15) is 17.1 Å². The molecule has 0 radical (unpaired) electrons. The van der Waals surface area contributed by atoms with Gasteiger partial charge >= 0.3 is 5.97 Å². The fourth-order valence-electron chi connectivity index (χ4n) is 3.13. The minimum atomic E-state index is -0.466. The van der Waals surface area contributed by atoms with E-state index in [0.717, 1.165) is 18.4 Å². The molecule has 0 bridgehead atoms. The zero-order valence-electron chi connectivity index (χ0n) is 14.5. The molecule has 3 rings (SSSR count). The molecule has 1 aromatic heterocycles. The number of carbonyl (C=O) groups excluding carboxylic acids is 2. The molecule has 1 aromatic carbocycles. The quantitative estimate of drug-likeness (QED) is 0.761. The number of aryl methyl sites for hydroxylation is 1. The number of esters is 1. The monoisotopic (exact) mass is 361 g/mol. The Hall–Kier alpha value is -2.27. The Morgan fingerprint density at radius 3 is 2.48 bits per heavy atom. The lowest BCUT2D eigenvalue weighted by Crippen LogP contribution is -2.36. The lowest BCUT2D eigenvalue weighted by Gasteiger charge is -2.23. The summed E-state index contributed by atoms with van der Waals surface area (Å²) in [7, 11) is 3.07. The zero-order valence-corrected chi connectivity index (χ0v) is 15.2. The van der Waals surface area contributed by atoms with Gasteiger partial charge in [0.15, 0.2) is 0 Å². The van der Waals surface area contributed by atoms with Crippen LogP contribution in [0.1, 0.15) is 40.3 Å². The molecule has 0 aliphatic heterocycles. The summed E-state index contributed by atoms with van der Waals surface area (Å²) in [4.78, 5) is 26.3. The van der Waals surface area contributed by atoms with E-state index in [0.29, 0.717) is 28.7 Å².